The highest BCUT2D eigenvalue weighted by Crippen LogP contribution is 2.31. The van der Waals surface area contributed by atoms with Gasteiger partial charge in [-0.2, -0.15) is 4.73 Å². The summed E-state index contributed by atoms with van der Waals surface area (Å²) in [6, 6.07) is 12.5. The molecule has 2 aromatic carbocycles. The Morgan fingerprint density at radius 2 is 1.78 bits per heavy atom. The summed E-state index contributed by atoms with van der Waals surface area (Å²) in [6.07, 6.45) is 0. The molecule has 0 saturated carbocycles. The standard InChI is InChI=1S/C14H10ClNO2/c1-18-9-6-7-13-11(8-9)14(15)10-4-2-3-5-12(10)16(13)17/h2-8H,1H3. The summed E-state index contributed by atoms with van der Waals surface area (Å²) in [7, 11) is 1.58. The number of pyridine rings is 1. The number of hydrogen-bond donors (Lipinski definition) is 0. The van der Waals surface area contributed by atoms with E-state index in [1.807, 2.05) is 18.2 Å². The van der Waals surface area contributed by atoms with Crippen LogP contribution in [0.5, 0.6) is 5.75 Å². The molecule has 4 heteroatoms. The number of nitrogens with zero attached hydrogens (tertiary/aromatic N) is 1. The molecule has 0 aliphatic heterocycles. The minimum Gasteiger partial charge on any atom is -0.618 e. The van der Waals surface area contributed by atoms with E-state index in [0.717, 1.165) is 10.1 Å². The second kappa shape index (κ2) is 4.03. The molecule has 0 atom stereocenters. The van der Waals surface area contributed by atoms with Crippen molar-refractivity contribution in [3.05, 3.63) is 52.7 Å². The van der Waals surface area contributed by atoms with E-state index in [4.69, 9.17) is 16.3 Å². The van der Waals surface area contributed by atoms with Crippen molar-refractivity contribution < 1.29 is 9.47 Å². The molecule has 0 radical (unpaired) electrons. The lowest BCUT2D eigenvalue weighted by atomic mass is 10.1. The van der Waals surface area contributed by atoms with Gasteiger partial charge >= 0.3 is 0 Å². The summed E-state index contributed by atoms with van der Waals surface area (Å²) in [4.78, 5) is 0. The second-order valence-electron chi connectivity index (χ2n) is 4.01. The van der Waals surface area contributed by atoms with E-state index in [1.54, 1.807) is 31.4 Å². The van der Waals surface area contributed by atoms with Crippen molar-refractivity contribution in [1.82, 2.24) is 0 Å². The zero-order chi connectivity index (χ0) is 12.7. The molecule has 3 aromatic rings. The SMILES string of the molecule is COc1ccc2c(c1)c(Cl)c1ccccc1[n+]2[O-]. The fourth-order valence-electron chi connectivity index (χ4n) is 2.11. The summed E-state index contributed by atoms with van der Waals surface area (Å²) < 4.78 is 6.06. The topological polar surface area (TPSA) is 36.2 Å². The van der Waals surface area contributed by atoms with Crippen molar-refractivity contribution in [3.8, 4) is 5.75 Å². The van der Waals surface area contributed by atoms with Gasteiger partial charge in [-0.05, 0) is 18.2 Å². The Kier molecular flexibility index (Phi) is 2.49. The monoisotopic (exact) mass is 259 g/mol. The van der Waals surface area contributed by atoms with Crippen LogP contribution in [0.4, 0.5) is 0 Å². The van der Waals surface area contributed by atoms with Crippen molar-refractivity contribution in [1.29, 1.82) is 0 Å². The molecule has 0 fully saturated rings. The number of ether oxygens (including phenoxy) is 1. The number of para-hydroxylation sites is 1. The third-order valence-electron chi connectivity index (χ3n) is 3.02. The second-order valence-corrected chi connectivity index (χ2v) is 4.39. The van der Waals surface area contributed by atoms with Gasteiger partial charge in [0.25, 0.3) is 0 Å². The Bertz CT molecular complexity index is 755. The normalized spacial score (nSPS) is 11.0. The number of aromatic nitrogens is 1. The fourth-order valence-corrected chi connectivity index (χ4v) is 2.42. The molecule has 1 heterocycles. The Labute approximate surface area is 109 Å². The maximum atomic E-state index is 12.3. The van der Waals surface area contributed by atoms with Gasteiger partial charge in [0.1, 0.15) is 5.75 Å². The average molecular weight is 260 g/mol. The number of halogens is 1. The molecule has 0 unspecified atom stereocenters. The van der Waals surface area contributed by atoms with Gasteiger partial charge in [-0.25, -0.2) is 0 Å². The predicted octanol–water partition coefficient (Wildman–Crippen LogP) is 3.29. The van der Waals surface area contributed by atoms with Crippen molar-refractivity contribution in [2.45, 2.75) is 0 Å². The van der Waals surface area contributed by atoms with Crippen LogP contribution in [0.2, 0.25) is 5.02 Å². The van der Waals surface area contributed by atoms with E-state index in [-0.39, 0.29) is 0 Å². The van der Waals surface area contributed by atoms with Gasteiger partial charge in [0.05, 0.1) is 22.9 Å². The first-order valence-electron chi connectivity index (χ1n) is 5.50. The Morgan fingerprint density at radius 1 is 1.06 bits per heavy atom. The van der Waals surface area contributed by atoms with E-state index in [9.17, 15) is 5.21 Å². The number of methoxy groups -OCH3 is 1. The zero-order valence-corrected chi connectivity index (χ0v) is 10.4. The van der Waals surface area contributed by atoms with Gasteiger partial charge in [0.15, 0.2) is 0 Å². The van der Waals surface area contributed by atoms with Crippen LogP contribution in [-0.2, 0) is 0 Å². The molecule has 0 N–H and O–H groups in total. The first kappa shape index (κ1) is 11.1. The van der Waals surface area contributed by atoms with Crippen molar-refractivity contribution in [3.63, 3.8) is 0 Å². The van der Waals surface area contributed by atoms with Crippen LogP contribution < -0.4 is 9.47 Å². The number of benzene rings is 2. The predicted molar refractivity (Wildman–Crippen MR) is 72.0 cm³/mol. The smallest absolute Gasteiger partial charge is 0.226 e. The van der Waals surface area contributed by atoms with Crippen molar-refractivity contribution >= 4 is 33.4 Å². The van der Waals surface area contributed by atoms with Gasteiger partial charge < -0.3 is 9.94 Å². The maximum Gasteiger partial charge on any atom is 0.226 e. The highest BCUT2D eigenvalue weighted by molar-refractivity contribution is 6.39. The lowest BCUT2D eigenvalue weighted by molar-refractivity contribution is -0.547. The van der Waals surface area contributed by atoms with Gasteiger partial charge in [-0.1, -0.05) is 23.7 Å². The van der Waals surface area contributed by atoms with Crippen LogP contribution in [0, 0.1) is 5.21 Å². The summed E-state index contributed by atoms with van der Waals surface area (Å²) in [6.45, 7) is 0. The van der Waals surface area contributed by atoms with Crippen molar-refractivity contribution in [2.24, 2.45) is 0 Å². The molecule has 18 heavy (non-hydrogen) atoms. The lowest BCUT2D eigenvalue weighted by Gasteiger charge is -2.09. The molecule has 3 rings (SSSR count). The summed E-state index contributed by atoms with van der Waals surface area (Å²) in [5, 5.41) is 14.3. The number of rotatable bonds is 1. The van der Waals surface area contributed by atoms with Gasteiger partial charge in [-0.15, -0.1) is 0 Å². The summed E-state index contributed by atoms with van der Waals surface area (Å²) in [5.41, 5.74) is 1.11. The van der Waals surface area contributed by atoms with E-state index >= 15 is 0 Å². The molecule has 0 aliphatic rings. The first-order valence-corrected chi connectivity index (χ1v) is 5.87. The minimum atomic E-state index is 0.541. The highest BCUT2D eigenvalue weighted by Gasteiger charge is 2.15. The van der Waals surface area contributed by atoms with E-state index < -0.39 is 0 Å². The fraction of sp³-hybridized carbons (Fsp3) is 0.0714. The van der Waals surface area contributed by atoms with E-state index in [2.05, 4.69) is 0 Å². The highest BCUT2D eigenvalue weighted by atomic mass is 35.5. The molecule has 0 spiro atoms. The largest absolute Gasteiger partial charge is 0.618 e. The Balaban J connectivity index is 2.54. The van der Waals surface area contributed by atoms with Gasteiger partial charge in [0, 0.05) is 12.1 Å². The van der Waals surface area contributed by atoms with Crippen LogP contribution in [0.25, 0.3) is 21.8 Å². The Morgan fingerprint density at radius 3 is 2.56 bits per heavy atom. The Hall–Kier alpha value is -2.00. The quantitative estimate of drug-likeness (QED) is 0.382. The molecular weight excluding hydrogens is 250 g/mol. The van der Waals surface area contributed by atoms with Gasteiger partial charge in [-0.3, -0.25) is 0 Å². The van der Waals surface area contributed by atoms with E-state index in [1.165, 1.54) is 0 Å². The summed E-state index contributed by atoms with van der Waals surface area (Å²) in [5.74, 6) is 0.680. The summed E-state index contributed by atoms with van der Waals surface area (Å²) >= 11 is 6.37. The molecule has 0 aliphatic carbocycles. The molecule has 0 saturated heterocycles. The van der Waals surface area contributed by atoms with Crippen LogP contribution in [0.15, 0.2) is 42.5 Å². The van der Waals surface area contributed by atoms with Crippen molar-refractivity contribution in [2.75, 3.05) is 7.11 Å². The number of hydrogen-bond acceptors (Lipinski definition) is 2. The van der Waals surface area contributed by atoms with Crippen LogP contribution in [0.1, 0.15) is 0 Å². The molecular formula is C14H10ClNO2. The minimum absolute atomic E-state index is 0.541. The lowest BCUT2D eigenvalue weighted by Crippen LogP contribution is -2.28. The van der Waals surface area contributed by atoms with Gasteiger partial charge in [0.2, 0.25) is 11.0 Å². The van der Waals surface area contributed by atoms with Crippen LogP contribution >= 0.6 is 11.6 Å². The van der Waals surface area contributed by atoms with E-state index in [0.29, 0.717) is 27.2 Å². The van der Waals surface area contributed by atoms with Crippen LogP contribution in [-0.4, -0.2) is 7.11 Å². The molecule has 0 bridgehead atoms. The third-order valence-corrected chi connectivity index (χ3v) is 3.43. The molecule has 0 amide bonds. The molecule has 3 nitrogen and oxygen atoms in total. The average Bonchev–Trinajstić information content (AvgIpc) is 2.44. The molecule has 1 aromatic heterocycles. The first-order chi connectivity index (χ1) is 8.72. The third kappa shape index (κ3) is 1.48. The molecule has 90 valence electrons. The number of fused-ring (bicyclic) bond motifs is 2. The van der Waals surface area contributed by atoms with Crippen LogP contribution in [0.3, 0.4) is 0 Å². The zero-order valence-electron chi connectivity index (χ0n) is 9.68. The maximum absolute atomic E-state index is 12.3.